The third kappa shape index (κ3) is 3.24. The second-order valence-corrected chi connectivity index (χ2v) is 3.38. The van der Waals surface area contributed by atoms with E-state index in [-0.39, 0.29) is 6.10 Å². The van der Waals surface area contributed by atoms with Crippen LogP contribution < -0.4 is 9.47 Å². The molecule has 4 heteroatoms. The normalized spacial score (nSPS) is 11.9. The molecule has 1 rings (SSSR count). The van der Waals surface area contributed by atoms with Gasteiger partial charge in [-0.1, -0.05) is 0 Å². The first-order chi connectivity index (χ1) is 7.71. The largest absolute Gasteiger partial charge is 0.497 e. The van der Waals surface area contributed by atoms with Crippen LogP contribution in [0.4, 0.5) is 0 Å². The fraction of sp³-hybridized carbons (Fsp3) is 0.417. The Labute approximate surface area is 95.1 Å². The summed E-state index contributed by atoms with van der Waals surface area (Å²) in [6, 6.07) is 5.07. The van der Waals surface area contributed by atoms with Gasteiger partial charge in [0.1, 0.15) is 18.1 Å². The number of aldehydes is 1. The van der Waals surface area contributed by atoms with Crippen LogP contribution in [0, 0.1) is 0 Å². The molecule has 0 saturated heterocycles. The van der Waals surface area contributed by atoms with Gasteiger partial charge >= 0.3 is 0 Å². The fourth-order valence-corrected chi connectivity index (χ4v) is 1.14. The zero-order valence-electron chi connectivity index (χ0n) is 9.73. The average molecular weight is 224 g/mol. The van der Waals surface area contributed by atoms with E-state index in [1.54, 1.807) is 32.4 Å². The molecule has 1 aromatic rings. The maximum absolute atomic E-state index is 10.8. The molecular weight excluding hydrogens is 208 g/mol. The molecule has 0 aliphatic carbocycles. The molecule has 4 nitrogen and oxygen atoms in total. The van der Waals surface area contributed by atoms with Gasteiger partial charge in [-0.15, -0.1) is 0 Å². The molecule has 0 heterocycles. The van der Waals surface area contributed by atoms with Crippen molar-refractivity contribution in [1.29, 1.82) is 0 Å². The predicted octanol–water partition coefficient (Wildman–Crippen LogP) is 1.92. The summed E-state index contributed by atoms with van der Waals surface area (Å²) >= 11 is 0. The number of hydrogen-bond donors (Lipinski definition) is 0. The molecule has 0 fully saturated rings. The van der Waals surface area contributed by atoms with Crippen LogP contribution in [0.1, 0.15) is 17.3 Å². The minimum absolute atomic E-state index is 0.0225. The number of ether oxygens (including phenoxy) is 3. The Balaban J connectivity index is 2.79. The van der Waals surface area contributed by atoms with Crippen molar-refractivity contribution >= 4 is 6.29 Å². The van der Waals surface area contributed by atoms with Gasteiger partial charge in [-0.05, 0) is 19.1 Å². The summed E-state index contributed by atoms with van der Waals surface area (Å²) < 4.78 is 15.6. The Kier molecular flexibility index (Phi) is 4.79. The van der Waals surface area contributed by atoms with Gasteiger partial charge < -0.3 is 14.2 Å². The third-order valence-corrected chi connectivity index (χ3v) is 2.22. The van der Waals surface area contributed by atoms with Gasteiger partial charge in [-0.2, -0.15) is 0 Å². The quantitative estimate of drug-likeness (QED) is 0.692. The highest BCUT2D eigenvalue weighted by Crippen LogP contribution is 2.23. The van der Waals surface area contributed by atoms with Crippen molar-refractivity contribution in [3.05, 3.63) is 23.8 Å². The molecule has 0 aromatic heterocycles. The lowest BCUT2D eigenvalue weighted by Crippen LogP contribution is -2.16. The summed E-state index contributed by atoms with van der Waals surface area (Å²) in [5, 5.41) is 0. The van der Waals surface area contributed by atoms with Gasteiger partial charge in [0.25, 0.3) is 0 Å². The van der Waals surface area contributed by atoms with Gasteiger partial charge in [0.15, 0.2) is 6.29 Å². The minimum Gasteiger partial charge on any atom is -0.497 e. The van der Waals surface area contributed by atoms with Gasteiger partial charge in [-0.25, -0.2) is 0 Å². The zero-order chi connectivity index (χ0) is 12.0. The summed E-state index contributed by atoms with van der Waals surface area (Å²) in [5.74, 6) is 1.17. The van der Waals surface area contributed by atoms with Crippen molar-refractivity contribution in [1.82, 2.24) is 0 Å². The van der Waals surface area contributed by atoms with Crippen molar-refractivity contribution in [3.8, 4) is 11.5 Å². The van der Waals surface area contributed by atoms with E-state index >= 15 is 0 Å². The lowest BCUT2D eigenvalue weighted by atomic mass is 10.2. The maximum atomic E-state index is 10.8. The smallest absolute Gasteiger partial charge is 0.153 e. The lowest BCUT2D eigenvalue weighted by molar-refractivity contribution is 0.0710. The number of rotatable bonds is 6. The van der Waals surface area contributed by atoms with Crippen molar-refractivity contribution in [2.75, 3.05) is 20.8 Å². The summed E-state index contributed by atoms with van der Waals surface area (Å²) in [7, 11) is 3.18. The molecule has 0 N–H and O–H groups in total. The van der Waals surface area contributed by atoms with Gasteiger partial charge in [-0.3, -0.25) is 4.79 Å². The molecule has 0 radical (unpaired) electrons. The number of hydrogen-bond acceptors (Lipinski definition) is 4. The van der Waals surface area contributed by atoms with E-state index in [1.807, 2.05) is 6.92 Å². The van der Waals surface area contributed by atoms with Crippen molar-refractivity contribution in [2.24, 2.45) is 0 Å². The van der Waals surface area contributed by atoms with Crippen LogP contribution >= 0.6 is 0 Å². The summed E-state index contributed by atoms with van der Waals surface area (Å²) in [6.45, 7) is 2.28. The third-order valence-electron chi connectivity index (χ3n) is 2.22. The van der Waals surface area contributed by atoms with E-state index in [4.69, 9.17) is 14.2 Å². The molecular formula is C12H16O4. The SMILES string of the molecule is COc1ccc(C=O)c(OCC(C)OC)c1. The number of methoxy groups -OCH3 is 2. The summed E-state index contributed by atoms with van der Waals surface area (Å²) in [6.07, 6.45) is 0.734. The fourth-order valence-electron chi connectivity index (χ4n) is 1.14. The van der Waals surface area contributed by atoms with Crippen molar-refractivity contribution in [2.45, 2.75) is 13.0 Å². The minimum atomic E-state index is -0.0225. The van der Waals surface area contributed by atoms with Gasteiger partial charge in [0, 0.05) is 13.2 Å². The highest BCUT2D eigenvalue weighted by molar-refractivity contribution is 5.79. The Hall–Kier alpha value is -1.55. The summed E-state index contributed by atoms with van der Waals surface area (Å²) in [4.78, 5) is 10.8. The molecule has 0 spiro atoms. The van der Waals surface area contributed by atoms with E-state index in [0.717, 1.165) is 6.29 Å². The number of carbonyl (C=O) groups is 1. The van der Waals surface area contributed by atoms with Crippen LogP contribution in [0.3, 0.4) is 0 Å². The van der Waals surface area contributed by atoms with Gasteiger partial charge in [0.2, 0.25) is 0 Å². The monoisotopic (exact) mass is 224 g/mol. The van der Waals surface area contributed by atoms with Crippen LogP contribution in [0.15, 0.2) is 18.2 Å². The highest BCUT2D eigenvalue weighted by atomic mass is 16.5. The van der Waals surface area contributed by atoms with Crippen molar-refractivity contribution < 1.29 is 19.0 Å². The maximum Gasteiger partial charge on any atom is 0.153 e. The zero-order valence-corrected chi connectivity index (χ0v) is 9.73. The molecule has 0 saturated carbocycles. The first-order valence-electron chi connectivity index (χ1n) is 5.00. The molecule has 16 heavy (non-hydrogen) atoms. The second kappa shape index (κ2) is 6.12. The van der Waals surface area contributed by atoms with E-state index in [1.165, 1.54) is 0 Å². The molecule has 1 aromatic carbocycles. The standard InChI is InChI=1S/C12H16O4/c1-9(14-2)8-16-12-6-11(15-3)5-4-10(12)7-13/h4-7,9H,8H2,1-3H3. The first kappa shape index (κ1) is 12.5. The molecule has 0 aliphatic rings. The number of carbonyl (C=O) groups excluding carboxylic acids is 1. The topological polar surface area (TPSA) is 44.8 Å². The second-order valence-electron chi connectivity index (χ2n) is 3.38. The predicted molar refractivity (Wildman–Crippen MR) is 60.3 cm³/mol. The van der Waals surface area contributed by atoms with E-state index in [2.05, 4.69) is 0 Å². The Morgan fingerprint density at radius 3 is 2.69 bits per heavy atom. The van der Waals surface area contributed by atoms with E-state index in [0.29, 0.717) is 23.7 Å². The Bertz CT molecular complexity index is 349. The van der Waals surface area contributed by atoms with Crippen LogP contribution in [0.2, 0.25) is 0 Å². The van der Waals surface area contributed by atoms with Crippen LogP contribution in [-0.4, -0.2) is 33.2 Å². The van der Waals surface area contributed by atoms with Crippen LogP contribution in [0.5, 0.6) is 11.5 Å². The average Bonchev–Trinajstić information content (AvgIpc) is 2.35. The van der Waals surface area contributed by atoms with E-state index in [9.17, 15) is 4.79 Å². The van der Waals surface area contributed by atoms with Crippen LogP contribution in [0.25, 0.3) is 0 Å². The van der Waals surface area contributed by atoms with Crippen molar-refractivity contribution in [3.63, 3.8) is 0 Å². The molecule has 88 valence electrons. The molecule has 0 bridgehead atoms. The molecule has 0 amide bonds. The Morgan fingerprint density at radius 1 is 1.38 bits per heavy atom. The van der Waals surface area contributed by atoms with E-state index < -0.39 is 0 Å². The van der Waals surface area contributed by atoms with Gasteiger partial charge in [0.05, 0.1) is 18.8 Å². The molecule has 0 aliphatic heterocycles. The molecule has 1 atom stereocenters. The summed E-state index contributed by atoms with van der Waals surface area (Å²) in [5.41, 5.74) is 0.504. The first-order valence-corrected chi connectivity index (χ1v) is 5.00. The Morgan fingerprint density at radius 2 is 2.12 bits per heavy atom. The number of benzene rings is 1. The highest BCUT2D eigenvalue weighted by Gasteiger charge is 2.07. The molecule has 1 unspecified atom stereocenters. The van der Waals surface area contributed by atoms with Crippen LogP contribution in [-0.2, 0) is 4.74 Å². The lowest BCUT2D eigenvalue weighted by Gasteiger charge is -2.13.